The molecular weight excluding hydrogens is 218 g/mol. The van der Waals surface area contributed by atoms with Gasteiger partial charge >= 0.3 is 0 Å². The lowest BCUT2D eigenvalue weighted by atomic mass is 10.1. The van der Waals surface area contributed by atoms with Gasteiger partial charge in [-0.05, 0) is 12.1 Å². The van der Waals surface area contributed by atoms with Gasteiger partial charge in [-0.3, -0.25) is 9.38 Å². The van der Waals surface area contributed by atoms with Crippen LogP contribution in [0.15, 0.2) is 36.8 Å². The van der Waals surface area contributed by atoms with Crippen molar-refractivity contribution in [3.63, 3.8) is 0 Å². The third-order valence-corrected chi connectivity index (χ3v) is 2.48. The summed E-state index contributed by atoms with van der Waals surface area (Å²) in [5, 5.41) is 17.8. The Morgan fingerprint density at radius 1 is 1.24 bits per heavy atom. The monoisotopic (exact) mass is 227 g/mol. The van der Waals surface area contributed by atoms with E-state index in [9.17, 15) is 5.11 Å². The molecule has 0 saturated carbocycles. The van der Waals surface area contributed by atoms with Gasteiger partial charge in [0.1, 0.15) is 5.75 Å². The molecule has 0 saturated heterocycles. The van der Waals surface area contributed by atoms with Crippen molar-refractivity contribution < 1.29 is 5.11 Å². The topological polar surface area (TPSA) is 89.3 Å². The smallest absolute Gasteiger partial charge is 0.179 e. The summed E-state index contributed by atoms with van der Waals surface area (Å²) in [6.45, 7) is 0. The molecule has 0 radical (unpaired) electrons. The lowest BCUT2D eigenvalue weighted by Crippen LogP contribution is -1.91. The summed E-state index contributed by atoms with van der Waals surface area (Å²) in [7, 11) is 0. The third kappa shape index (κ3) is 1.46. The molecule has 0 unspecified atom stereocenters. The van der Waals surface area contributed by atoms with Crippen molar-refractivity contribution in [2.24, 2.45) is 0 Å². The first-order valence-corrected chi connectivity index (χ1v) is 4.99. The van der Waals surface area contributed by atoms with Crippen LogP contribution in [0.3, 0.4) is 0 Å². The Morgan fingerprint density at radius 2 is 2.12 bits per heavy atom. The van der Waals surface area contributed by atoms with E-state index in [4.69, 9.17) is 5.73 Å². The van der Waals surface area contributed by atoms with Gasteiger partial charge in [0, 0.05) is 24.1 Å². The second-order valence-corrected chi connectivity index (χ2v) is 3.60. The zero-order chi connectivity index (χ0) is 11.8. The van der Waals surface area contributed by atoms with Crippen LogP contribution in [0.4, 0.5) is 5.69 Å². The molecule has 2 aromatic heterocycles. The van der Waals surface area contributed by atoms with Gasteiger partial charge in [-0.1, -0.05) is 0 Å². The summed E-state index contributed by atoms with van der Waals surface area (Å²) < 4.78 is 1.75. The summed E-state index contributed by atoms with van der Waals surface area (Å²) >= 11 is 0. The van der Waals surface area contributed by atoms with E-state index in [2.05, 4.69) is 15.2 Å². The molecular formula is C11H9N5O. The van der Waals surface area contributed by atoms with Crippen molar-refractivity contribution in [2.75, 3.05) is 5.73 Å². The average molecular weight is 227 g/mol. The van der Waals surface area contributed by atoms with Crippen LogP contribution >= 0.6 is 0 Å². The van der Waals surface area contributed by atoms with Gasteiger partial charge in [-0.15, -0.1) is 10.2 Å². The predicted molar refractivity (Wildman–Crippen MR) is 62.3 cm³/mol. The quantitative estimate of drug-likeness (QED) is 0.607. The Balaban J connectivity index is 2.27. The lowest BCUT2D eigenvalue weighted by molar-refractivity contribution is 0.477. The number of anilines is 1. The van der Waals surface area contributed by atoms with Gasteiger partial charge in [0.15, 0.2) is 11.5 Å². The summed E-state index contributed by atoms with van der Waals surface area (Å²) in [4.78, 5) is 3.95. The van der Waals surface area contributed by atoms with Crippen molar-refractivity contribution in [3.8, 4) is 17.1 Å². The molecule has 6 heteroatoms. The predicted octanol–water partition coefficient (Wildman–Crippen LogP) is 1.08. The second-order valence-electron chi connectivity index (χ2n) is 3.60. The zero-order valence-corrected chi connectivity index (χ0v) is 8.78. The molecule has 84 valence electrons. The summed E-state index contributed by atoms with van der Waals surface area (Å²) in [6.07, 6.45) is 4.97. The van der Waals surface area contributed by atoms with Crippen LogP contribution in [0.25, 0.3) is 17.0 Å². The largest absolute Gasteiger partial charge is 0.507 e. The van der Waals surface area contributed by atoms with Crippen LogP contribution in [-0.4, -0.2) is 24.7 Å². The molecule has 0 fully saturated rings. The van der Waals surface area contributed by atoms with Crippen molar-refractivity contribution >= 4 is 11.3 Å². The first-order chi connectivity index (χ1) is 8.25. The Labute approximate surface area is 96.4 Å². The Hall–Kier alpha value is -2.63. The highest BCUT2D eigenvalue weighted by molar-refractivity contribution is 5.69. The number of aromatic nitrogens is 4. The first kappa shape index (κ1) is 9.59. The summed E-state index contributed by atoms with van der Waals surface area (Å²) in [6, 6.07) is 4.90. The maximum Gasteiger partial charge on any atom is 0.179 e. The van der Waals surface area contributed by atoms with Crippen LogP contribution in [0, 0.1) is 0 Å². The maximum absolute atomic E-state index is 9.85. The zero-order valence-electron chi connectivity index (χ0n) is 8.78. The standard InChI is InChI=1S/C11H9N5O/c12-7-1-2-8(9(17)5-7)11-15-14-10-6-13-3-4-16(10)11/h1-6,17H,12H2. The van der Waals surface area contributed by atoms with Crippen LogP contribution in [0.2, 0.25) is 0 Å². The minimum Gasteiger partial charge on any atom is -0.507 e. The summed E-state index contributed by atoms with van der Waals surface area (Å²) in [5.41, 5.74) is 7.29. The molecule has 1 aromatic carbocycles. The summed E-state index contributed by atoms with van der Waals surface area (Å²) in [5.74, 6) is 0.635. The highest BCUT2D eigenvalue weighted by Crippen LogP contribution is 2.29. The van der Waals surface area contributed by atoms with E-state index in [0.717, 1.165) is 0 Å². The first-order valence-electron chi connectivity index (χ1n) is 4.99. The number of nitrogen functional groups attached to an aromatic ring is 1. The van der Waals surface area contributed by atoms with Gasteiger partial charge < -0.3 is 10.8 Å². The Kier molecular flexibility index (Phi) is 1.94. The van der Waals surface area contributed by atoms with Crippen LogP contribution in [-0.2, 0) is 0 Å². The molecule has 0 aliphatic heterocycles. The Bertz CT molecular complexity index is 691. The molecule has 0 spiro atoms. The lowest BCUT2D eigenvalue weighted by Gasteiger charge is -2.03. The van der Waals surface area contributed by atoms with E-state index in [1.807, 2.05) is 0 Å². The van der Waals surface area contributed by atoms with Crippen LogP contribution in [0.1, 0.15) is 0 Å². The molecule has 0 atom stereocenters. The van der Waals surface area contributed by atoms with Gasteiger partial charge in [0.05, 0.1) is 11.8 Å². The molecule has 0 amide bonds. The van der Waals surface area contributed by atoms with E-state index >= 15 is 0 Å². The molecule has 3 N–H and O–H groups in total. The Morgan fingerprint density at radius 3 is 2.94 bits per heavy atom. The third-order valence-electron chi connectivity index (χ3n) is 2.48. The van der Waals surface area contributed by atoms with Gasteiger partial charge in [-0.25, -0.2) is 0 Å². The van der Waals surface area contributed by atoms with Crippen molar-refractivity contribution in [1.29, 1.82) is 0 Å². The highest BCUT2D eigenvalue weighted by Gasteiger charge is 2.11. The second kappa shape index (κ2) is 3.44. The molecule has 0 aliphatic carbocycles. The molecule has 3 aromatic rings. The van der Waals surface area contributed by atoms with Crippen molar-refractivity contribution in [2.45, 2.75) is 0 Å². The SMILES string of the molecule is Nc1ccc(-c2nnc3cnccn23)c(O)c1. The number of fused-ring (bicyclic) bond motifs is 1. The number of benzene rings is 1. The van der Waals surface area contributed by atoms with E-state index in [1.54, 1.807) is 35.1 Å². The molecule has 3 rings (SSSR count). The van der Waals surface area contributed by atoms with E-state index < -0.39 is 0 Å². The highest BCUT2D eigenvalue weighted by atomic mass is 16.3. The minimum absolute atomic E-state index is 0.0797. The number of aromatic hydroxyl groups is 1. The van der Waals surface area contributed by atoms with E-state index in [1.165, 1.54) is 6.07 Å². The fourth-order valence-corrected chi connectivity index (χ4v) is 1.67. The van der Waals surface area contributed by atoms with Gasteiger partial charge in [0.25, 0.3) is 0 Å². The maximum atomic E-state index is 9.85. The molecule has 0 aliphatic rings. The van der Waals surface area contributed by atoms with Crippen molar-refractivity contribution in [3.05, 3.63) is 36.8 Å². The van der Waals surface area contributed by atoms with Gasteiger partial charge in [-0.2, -0.15) is 0 Å². The number of nitrogens with two attached hydrogens (primary N) is 1. The van der Waals surface area contributed by atoms with Crippen LogP contribution in [0.5, 0.6) is 5.75 Å². The van der Waals surface area contributed by atoms with Crippen LogP contribution < -0.4 is 5.73 Å². The van der Waals surface area contributed by atoms with E-state index in [0.29, 0.717) is 22.7 Å². The number of nitrogens with zero attached hydrogens (tertiary/aromatic N) is 4. The normalized spacial score (nSPS) is 10.8. The number of phenols is 1. The number of phenolic OH excluding ortho intramolecular Hbond substituents is 1. The van der Waals surface area contributed by atoms with E-state index in [-0.39, 0.29) is 5.75 Å². The average Bonchev–Trinajstić information content (AvgIpc) is 2.73. The van der Waals surface area contributed by atoms with Crippen molar-refractivity contribution in [1.82, 2.24) is 19.6 Å². The molecule has 17 heavy (non-hydrogen) atoms. The molecule has 0 bridgehead atoms. The number of hydrogen-bond donors (Lipinski definition) is 2. The molecule has 2 heterocycles. The minimum atomic E-state index is 0.0797. The molecule has 6 nitrogen and oxygen atoms in total. The number of rotatable bonds is 1. The fourth-order valence-electron chi connectivity index (χ4n) is 1.67. The fraction of sp³-hybridized carbons (Fsp3) is 0. The van der Waals surface area contributed by atoms with Gasteiger partial charge in [0.2, 0.25) is 0 Å². The number of hydrogen-bond acceptors (Lipinski definition) is 5.